The molecule has 1 aromatic heterocycles. The summed E-state index contributed by atoms with van der Waals surface area (Å²) in [7, 11) is 0. The fourth-order valence-electron chi connectivity index (χ4n) is 1.40. The smallest absolute Gasteiger partial charge is 0.0992 e. The van der Waals surface area contributed by atoms with Gasteiger partial charge in [-0.2, -0.15) is 5.26 Å². The predicted octanol–water partition coefficient (Wildman–Crippen LogP) is 3.03. The molecule has 2 rings (SSSR count). The highest BCUT2D eigenvalue weighted by Gasteiger charge is 2.08. The standard InChI is InChI=1S/C10H6BrNOS/c11-8-5-14-9-2-6(3-12)1-7(4-13)10(8)9/h1-2,5,13H,4H2. The first-order chi connectivity index (χ1) is 6.76. The van der Waals surface area contributed by atoms with Gasteiger partial charge < -0.3 is 5.11 Å². The maximum atomic E-state index is 9.17. The van der Waals surface area contributed by atoms with Gasteiger partial charge in [-0.15, -0.1) is 11.3 Å². The summed E-state index contributed by atoms with van der Waals surface area (Å²) >= 11 is 4.99. The summed E-state index contributed by atoms with van der Waals surface area (Å²) in [6, 6.07) is 5.64. The fourth-order valence-corrected chi connectivity index (χ4v) is 3.18. The minimum Gasteiger partial charge on any atom is -0.392 e. The molecule has 14 heavy (non-hydrogen) atoms. The quantitative estimate of drug-likeness (QED) is 0.863. The van der Waals surface area contributed by atoms with Crippen molar-refractivity contribution in [2.45, 2.75) is 6.61 Å². The van der Waals surface area contributed by atoms with E-state index >= 15 is 0 Å². The lowest BCUT2D eigenvalue weighted by Crippen LogP contribution is -1.86. The van der Waals surface area contributed by atoms with Crippen LogP contribution in [0, 0.1) is 11.3 Å². The number of benzene rings is 1. The lowest BCUT2D eigenvalue weighted by Gasteiger charge is -2.00. The van der Waals surface area contributed by atoms with E-state index in [1.807, 2.05) is 11.4 Å². The van der Waals surface area contributed by atoms with Crippen LogP contribution in [0.5, 0.6) is 0 Å². The van der Waals surface area contributed by atoms with E-state index in [1.54, 1.807) is 17.4 Å². The van der Waals surface area contributed by atoms with E-state index in [-0.39, 0.29) is 6.61 Å². The van der Waals surface area contributed by atoms with E-state index in [1.165, 1.54) is 0 Å². The van der Waals surface area contributed by atoms with Gasteiger partial charge in [-0.25, -0.2) is 0 Å². The van der Waals surface area contributed by atoms with Crippen LogP contribution in [0.25, 0.3) is 10.1 Å². The maximum absolute atomic E-state index is 9.17. The maximum Gasteiger partial charge on any atom is 0.0992 e. The van der Waals surface area contributed by atoms with Crippen molar-refractivity contribution in [2.24, 2.45) is 0 Å². The second kappa shape index (κ2) is 3.70. The molecule has 0 saturated heterocycles. The third kappa shape index (κ3) is 1.44. The zero-order valence-electron chi connectivity index (χ0n) is 7.12. The Morgan fingerprint density at radius 2 is 2.29 bits per heavy atom. The van der Waals surface area contributed by atoms with Gasteiger partial charge in [0.1, 0.15) is 0 Å². The van der Waals surface area contributed by atoms with Gasteiger partial charge in [0.05, 0.1) is 18.2 Å². The molecule has 70 valence electrons. The number of nitrogens with zero attached hydrogens (tertiary/aromatic N) is 1. The number of aliphatic hydroxyl groups is 1. The third-order valence-corrected chi connectivity index (χ3v) is 3.87. The molecule has 1 N–H and O–H groups in total. The molecule has 0 aliphatic carbocycles. The summed E-state index contributed by atoms with van der Waals surface area (Å²) in [5, 5.41) is 20.9. The summed E-state index contributed by atoms with van der Waals surface area (Å²) in [5.74, 6) is 0. The van der Waals surface area contributed by atoms with Gasteiger partial charge in [0, 0.05) is 19.9 Å². The SMILES string of the molecule is N#Cc1cc(CO)c2c(Br)csc2c1. The molecule has 0 amide bonds. The minimum absolute atomic E-state index is 0.0403. The number of rotatable bonds is 1. The van der Waals surface area contributed by atoms with Crippen molar-refractivity contribution in [2.75, 3.05) is 0 Å². The van der Waals surface area contributed by atoms with E-state index in [0.717, 1.165) is 20.1 Å². The third-order valence-electron chi connectivity index (χ3n) is 2.01. The molecule has 1 aromatic carbocycles. The summed E-state index contributed by atoms with van der Waals surface area (Å²) in [4.78, 5) is 0. The Morgan fingerprint density at radius 1 is 1.50 bits per heavy atom. The van der Waals surface area contributed by atoms with E-state index in [4.69, 9.17) is 5.26 Å². The summed E-state index contributed by atoms with van der Waals surface area (Å²) in [6.45, 7) is -0.0403. The second-order valence-electron chi connectivity index (χ2n) is 2.86. The fraction of sp³-hybridized carbons (Fsp3) is 0.100. The molecule has 0 aliphatic rings. The van der Waals surface area contributed by atoms with Crippen molar-refractivity contribution in [1.82, 2.24) is 0 Å². The molecule has 0 radical (unpaired) electrons. The molecule has 0 unspecified atom stereocenters. The molecule has 4 heteroatoms. The van der Waals surface area contributed by atoms with E-state index in [2.05, 4.69) is 22.0 Å². The molecular weight excluding hydrogens is 262 g/mol. The van der Waals surface area contributed by atoms with E-state index < -0.39 is 0 Å². The van der Waals surface area contributed by atoms with Gasteiger partial charge in [0.2, 0.25) is 0 Å². The van der Waals surface area contributed by atoms with Gasteiger partial charge in [-0.3, -0.25) is 0 Å². The Morgan fingerprint density at radius 3 is 2.93 bits per heavy atom. The lowest BCUT2D eigenvalue weighted by atomic mass is 10.1. The average Bonchev–Trinajstić information content (AvgIpc) is 2.59. The molecule has 2 nitrogen and oxygen atoms in total. The Labute approximate surface area is 93.5 Å². The van der Waals surface area contributed by atoms with Gasteiger partial charge >= 0.3 is 0 Å². The van der Waals surface area contributed by atoms with Crippen molar-refractivity contribution in [3.05, 3.63) is 33.1 Å². The molecule has 0 saturated carbocycles. The van der Waals surface area contributed by atoms with Crippen molar-refractivity contribution in [3.8, 4) is 6.07 Å². The van der Waals surface area contributed by atoms with Crippen LogP contribution in [0.2, 0.25) is 0 Å². The van der Waals surface area contributed by atoms with Crippen LogP contribution in [-0.2, 0) is 6.61 Å². The summed E-state index contributed by atoms with van der Waals surface area (Å²) in [6.07, 6.45) is 0. The number of fused-ring (bicyclic) bond motifs is 1. The van der Waals surface area contributed by atoms with Crippen LogP contribution in [0.3, 0.4) is 0 Å². The average molecular weight is 268 g/mol. The zero-order valence-corrected chi connectivity index (χ0v) is 9.52. The topological polar surface area (TPSA) is 44.0 Å². The van der Waals surface area contributed by atoms with Gasteiger partial charge in [0.25, 0.3) is 0 Å². The van der Waals surface area contributed by atoms with Gasteiger partial charge in [-0.1, -0.05) is 0 Å². The second-order valence-corrected chi connectivity index (χ2v) is 4.63. The van der Waals surface area contributed by atoms with E-state index in [9.17, 15) is 5.11 Å². The Hall–Kier alpha value is -0.890. The zero-order chi connectivity index (χ0) is 10.1. The number of thiophene rings is 1. The molecule has 1 heterocycles. The van der Waals surface area contributed by atoms with Crippen LogP contribution in [0.15, 0.2) is 22.0 Å². The lowest BCUT2D eigenvalue weighted by molar-refractivity contribution is 0.283. The first-order valence-corrected chi connectivity index (χ1v) is 5.64. The normalized spacial score (nSPS) is 10.4. The van der Waals surface area contributed by atoms with Crippen LogP contribution in [0.1, 0.15) is 11.1 Å². The molecule has 0 atom stereocenters. The highest BCUT2D eigenvalue weighted by atomic mass is 79.9. The number of nitriles is 1. The minimum atomic E-state index is -0.0403. The van der Waals surface area contributed by atoms with Crippen molar-refractivity contribution in [1.29, 1.82) is 5.26 Å². The molecule has 2 aromatic rings. The van der Waals surface area contributed by atoms with Crippen LogP contribution >= 0.6 is 27.3 Å². The molecule has 0 spiro atoms. The van der Waals surface area contributed by atoms with Crippen LogP contribution in [-0.4, -0.2) is 5.11 Å². The summed E-state index contributed by atoms with van der Waals surface area (Å²) in [5.41, 5.74) is 1.39. The molecule has 0 bridgehead atoms. The summed E-state index contributed by atoms with van der Waals surface area (Å²) < 4.78 is 2.01. The Bertz CT molecular complexity index is 527. The number of hydrogen-bond acceptors (Lipinski definition) is 3. The highest BCUT2D eigenvalue weighted by Crippen LogP contribution is 2.33. The number of hydrogen-bond donors (Lipinski definition) is 1. The highest BCUT2D eigenvalue weighted by molar-refractivity contribution is 9.10. The Balaban J connectivity index is 2.84. The molecular formula is C10H6BrNOS. The van der Waals surface area contributed by atoms with Crippen LogP contribution < -0.4 is 0 Å². The first kappa shape index (κ1) is 9.66. The monoisotopic (exact) mass is 267 g/mol. The van der Waals surface area contributed by atoms with Crippen molar-refractivity contribution in [3.63, 3.8) is 0 Å². The predicted molar refractivity (Wildman–Crippen MR) is 60.2 cm³/mol. The first-order valence-electron chi connectivity index (χ1n) is 3.97. The van der Waals surface area contributed by atoms with Crippen LogP contribution in [0.4, 0.5) is 0 Å². The molecule has 0 aliphatic heterocycles. The Kier molecular flexibility index (Phi) is 2.55. The number of aliphatic hydroxyl groups excluding tert-OH is 1. The van der Waals surface area contributed by atoms with Crippen molar-refractivity contribution >= 4 is 37.4 Å². The van der Waals surface area contributed by atoms with E-state index in [0.29, 0.717) is 5.56 Å². The molecule has 0 fully saturated rings. The van der Waals surface area contributed by atoms with Gasteiger partial charge in [-0.05, 0) is 33.6 Å². The van der Waals surface area contributed by atoms with Gasteiger partial charge in [0.15, 0.2) is 0 Å². The van der Waals surface area contributed by atoms with Crippen molar-refractivity contribution < 1.29 is 5.11 Å². The largest absolute Gasteiger partial charge is 0.392 e. The number of halogens is 1.